The molecule has 25 heavy (non-hydrogen) atoms. The molecular weight excluding hydrogens is 320 g/mol. The number of amides is 1. The topological polar surface area (TPSA) is 72.8 Å². The number of carbonyl (C=O) groups is 1. The Morgan fingerprint density at radius 2 is 2.04 bits per heavy atom. The summed E-state index contributed by atoms with van der Waals surface area (Å²) in [6.07, 6.45) is 2.62. The summed E-state index contributed by atoms with van der Waals surface area (Å²) in [5.74, 6) is 1.18. The second kappa shape index (κ2) is 10.5. The summed E-state index contributed by atoms with van der Waals surface area (Å²) < 4.78 is 0. The summed E-state index contributed by atoms with van der Waals surface area (Å²) in [6.45, 7) is 10.8. The molecule has 1 N–H and O–H groups in total. The van der Waals surface area contributed by atoms with Crippen molar-refractivity contribution in [1.29, 1.82) is 0 Å². The first-order valence-corrected chi connectivity index (χ1v) is 9.11. The first-order chi connectivity index (χ1) is 12.1. The molecule has 1 atom stereocenters. The number of aliphatic imine (C=N–C) groups is 1. The molecule has 2 heterocycles. The number of rotatable bonds is 7. The van der Waals surface area contributed by atoms with Crippen molar-refractivity contribution in [2.24, 2.45) is 16.1 Å². The number of amidine groups is 1. The van der Waals surface area contributed by atoms with Gasteiger partial charge < -0.3 is 20.0 Å². The van der Waals surface area contributed by atoms with Crippen molar-refractivity contribution in [3.63, 3.8) is 0 Å². The third-order valence-corrected chi connectivity index (χ3v) is 4.84. The van der Waals surface area contributed by atoms with E-state index in [1.54, 1.807) is 7.05 Å². The summed E-state index contributed by atoms with van der Waals surface area (Å²) in [6, 6.07) is 0. The fraction of sp³-hybridized carbons (Fsp3) is 0.824. The molecule has 0 aromatic carbocycles. The fourth-order valence-electron chi connectivity index (χ4n) is 3.50. The van der Waals surface area contributed by atoms with Crippen molar-refractivity contribution in [3.05, 3.63) is 0 Å². The molecule has 0 bridgehead atoms. The first-order valence-electron chi connectivity index (χ1n) is 9.11. The zero-order valence-electron chi connectivity index (χ0n) is 15.6. The van der Waals surface area contributed by atoms with E-state index in [0.29, 0.717) is 12.4 Å². The maximum absolute atomic E-state index is 12.2. The molecular formula is C17H32N6O2. The van der Waals surface area contributed by atoms with Crippen molar-refractivity contribution in [1.82, 2.24) is 20.0 Å². The van der Waals surface area contributed by atoms with E-state index in [1.807, 2.05) is 4.90 Å². The van der Waals surface area contributed by atoms with Crippen LogP contribution in [0.1, 0.15) is 12.8 Å². The van der Waals surface area contributed by atoms with Crippen LogP contribution in [0.15, 0.2) is 10.1 Å². The van der Waals surface area contributed by atoms with Crippen LogP contribution in [0.25, 0.3) is 0 Å². The van der Waals surface area contributed by atoms with Gasteiger partial charge >= 0.3 is 0 Å². The van der Waals surface area contributed by atoms with E-state index < -0.39 is 0 Å². The number of oxime groups is 1. The molecule has 0 saturated carbocycles. The van der Waals surface area contributed by atoms with Gasteiger partial charge in [0.25, 0.3) is 5.91 Å². The number of piperidine rings is 1. The number of nitrogens with one attached hydrogen (secondary N) is 1. The van der Waals surface area contributed by atoms with Crippen LogP contribution >= 0.6 is 0 Å². The Labute approximate surface area is 150 Å². The van der Waals surface area contributed by atoms with Crippen LogP contribution in [-0.4, -0.2) is 106 Å². The van der Waals surface area contributed by atoms with Gasteiger partial charge in [-0.15, -0.1) is 0 Å². The molecule has 0 radical (unpaired) electrons. The zero-order chi connectivity index (χ0) is 18.1. The average molecular weight is 352 g/mol. The Hall–Kier alpha value is -1.51. The molecule has 2 saturated heterocycles. The van der Waals surface area contributed by atoms with Gasteiger partial charge in [-0.2, -0.15) is 0 Å². The van der Waals surface area contributed by atoms with Crippen LogP contribution in [0.5, 0.6) is 0 Å². The van der Waals surface area contributed by atoms with Gasteiger partial charge in [-0.3, -0.25) is 9.69 Å². The van der Waals surface area contributed by atoms with Crippen molar-refractivity contribution < 1.29 is 9.63 Å². The summed E-state index contributed by atoms with van der Waals surface area (Å²) in [4.78, 5) is 27.8. The highest BCUT2D eigenvalue weighted by molar-refractivity contribution is 5.87. The third-order valence-electron chi connectivity index (χ3n) is 4.84. The van der Waals surface area contributed by atoms with Crippen LogP contribution in [-0.2, 0) is 9.63 Å². The predicted octanol–water partition coefficient (Wildman–Crippen LogP) is -0.277. The minimum atomic E-state index is -0.0455. The van der Waals surface area contributed by atoms with Crippen LogP contribution in [0.2, 0.25) is 0 Å². The minimum absolute atomic E-state index is 0.0198. The SMILES string of the molecule is C=N/C(CNC)=N\OCC(=O)N1CCN(CC2CCCN(C)C2)CC1. The van der Waals surface area contributed by atoms with Gasteiger partial charge in [-0.05, 0) is 46.1 Å². The lowest BCUT2D eigenvalue weighted by Crippen LogP contribution is -2.51. The van der Waals surface area contributed by atoms with E-state index in [2.05, 4.69) is 39.0 Å². The third kappa shape index (κ3) is 6.72. The second-order valence-electron chi connectivity index (χ2n) is 6.92. The van der Waals surface area contributed by atoms with E-state index in [0.717, 1.165) is 38.6 Å². The smallest absolute Gasteiger partial charge is 0.263 e. The zero-order valence-corrected chi connectivity index (χ0v) is 15.6. The highest BCUT2D eigenvalue weighted by Crippen LogP contribution is 2.17. The first kappa shape index (κ1) is 19.8. The molecule has 0 aromatic rings. The maximum Gasteiger partial charge on any atom is 0.263 e. The molecule has 8 heteroatoms. The summed E-state index contributed by atoms with van der Waals surface area (Å²) in [7, 11) is 3.99. The number of carbonyl (C=O) groups excluding carboxylic acids is 1. The summed E-state index contributed by atoms with van der Waals surface area (Å²) in [5.41, 5.74) is 0. The van der Waals surface area contributed by atoms with Crippen molar-refractivity contribution in [2.75, 3.05) is 73.1 Å². The fourth-order valence-corrected chi connectivity index (χ4v) is 3.50. The number of likely N-dealkylation sites (tertiary alicyclic amines) is 1. The second-order valence-corrected chi connectivity index (χ2v) is 6.92. The Balaban J connectivity index is 1.67. The largest absolute Gasteiger partial charge is 0.384 e. The normalized spacial score (nSPS) is 23.5. The Morgan fingerprint density at radius 3 is 2.68 bits per heavy atom. The monoisotopic (exact) mass is 352 g/mol. The van der Waals surface area contributed by atoms with Crippen LogP contribution in [0.4, 0.5) is 0 Å². The lowest BCUT2D eigenvalue weighted by Gasteiger charge is -2.38. The number of hydrogen-bond donors (Lipinski definition) is 1. The number of piperazine rings is 1. The molecule has 2 aliphatic heterocycles. The lowest BCUT2D eigenvalue weighted by molar-refractivity contribution is -0.138. The highest BCUT2D eigenvalue weighted by atomic mass is 16.6. The molecule has 1 amide bonds. The van der Waals surface area contributed by atoms with Gasteiger partial charge in [0.2, 0.25) is 0 Å². The van der Waals surface area contributed by atoms with Crippen molar-refractivity contribution in [2.45, 2.75) is 12.8 Å². The Kier molecular flexibility index (Phi) is 8.30. The minimum Gasteiger partial charge on any atom is -0.384 e. The van der Waals surface area contributed by atoms with E-state index in [4.69, 9.17) is 4.84 Å². The van der Waals surface area contributed by atoms with Crippen molar-refractivity contribution >= 4 is 18.5 Å². The van der Waals surface area contributed by atoms with Crippen molar-refractivity contribution in [3.8, 4) is 0 Å². The molecule has 0 spiro atoms. The summed E-state index contributed by atoms with van der Waals surface area (Å²) in [5, 5.41) is 6.74. The van der Waals surface area contributed by atoms with Gasteiger partial charge in [-0.25, -0.2) is 4.99 Å². The van der Waals surface area contributed by atoms with Crippen LogP contribution in [0.3, 0.4) is 0 Å². The molecule has 2 fully saturated rings. The number of nitrogens with zero attached hydrogens (tertiary/aromatic N) is 5. The summed E-state index contributed by atoms with van der Waals surface area (Å²) >= 11 is 0. The van der Waals surface area contributed by atoms with Gasteiger partial charge in [0, 0.05) is 39.3 Å². The van der Waals surface area contributed by atoms with Gasteiger partial charge in [0.05, 0.1) is 6.54 Å². The van der Waals surface area contributed by atoms with E-state index >= 15 is 0 Å². The molecule has 0 aliphatic carbocycles. The molecule has 1 unspecified atom stereocenters. The van der Waals surface area contributed by atoms with E-state index in [1.165, 1.54) is 25.9 Å². The van der Waals surface area contributed by atoms with Crippen LogP contribution < -0.4 is 5.32 Å². The van der Waals surface area contributed by atoms with Gasteiger partial charge in [0.15, 0.2) is 12.4 Å². The molecule has 2 rings (SSSR count). The predicted molar refractivity (Wildman–Crippen MR) is 100 cm³/mol. The Morgan fingerprint density at radius 1 is 1.28 bits per heavy atom. The molecule has 0 aromatic heterocycles. The molecule has 8 nitrogen and oxygen atoms in total. The average Bonchev–Trinajstić information content (AvgIpc) is 2.61. The van der Waals surface area contributed by atoms with Gasteiger partial charge in [0.1, 0.15) is 0 Å². The van der Waals surface area contributed by atoms with Gasteiger partial charge in [-0.1, -0.05) is 5.16 Å². The molecule has 2 aliphatic rings. The van der Waals surface area contributed by atoms with Crippen LogP contribution in [0, 0.1) is 5.92 Å². The Bertz CT molecular complexity index is 462. The lowest BCUT2D eigenvalue weighted by atomic mass is 9.97. The number of likely N-dealkylation sites (N-methyl/N-ethyl adjacent to an activating group) is 1. The highest BCUT2D eigenvalue weighted by Gasteiger charge is 2.25. The van der Waals surface area contributed by atoms with E-state index in [-0.39, 0.29) is 12.5 Å². The molecule has 142 valence electrons. The maximum atomic E-state index is 12.2. The van der Waals surface area contributed by atoms with E-state index in [9.17, 15) is 4.79 Å². The quantitative estimate of drug-likeness (QED) is 0.388. The number of hydrogen-bond acceptors (Lipinski definition) is 6. The standard InChI is InChI=1S/C17H32N6O2/c1-18-11-16(19-2)20-25-14-17(24)23-9-7-22(8-10-23)13-15-5-4-6-21(3)12-15/h15,18H,2,4-14H2,1,3H3/b20-16-.